The average molecular weight is 400 g/mol. The second-order valence-corrected chi connectivity index (χ2v) is 7.89. The summed E-state index contributed by atoms with van der Waals surface area (Å²) in [5.41, 5.74) is 1.60. The zero-order chi connectivity index (χ0) is 20.1. The van der Waals surface area contributed by atoms with Crippen LogP contribution in [0.5, 0.6) is 0 Å². The summed E-state index contributed by atoms with van der Waals surface area (Å²) in [7, 11) is 2.13. The van der Waals surface area contributed by atoms with Gasteiger partial charge in [-0.05, 0) is 37.4 Å². The van der Waals surface area contributed by atoms with E-state index in [0.29, 0.717) is 12.1 Å². The Morgan fingerprint density at radius 2 is 1.82 bits per heavy atom. The lowest BCUT2D eigenvalue weighted by atomic mass is 10.1. The number of likely N-dealkylation sites (N-methyl/N-ethyl adjacent to an activating group) is 1. The lowest BCUT2D eigenvalue weighted by Gasteiger charge is -2.35. The average Bonchev–Trinajstić information content (AvgIpc) is 2.70. The summed E-state index contributed by atoms with van der Waals surface area (Å²) in [5, 5.41) is 12.2. The Hall–Kier alpha value is -2.51. The van der Waals surface area contributed by atoms with Gasteiger partial charge in [-0.3, -0.25) is 4.79 Å². The van der Waals surface area contributed by atoms with Gasteiger partial charge >= 0.3 is 5.97 Å². The van der Waals surface area contributed by atoms with Gasteiger partial charge in [0.1, 0.15) is 0 Å². The monoisotopic (exact) mass is 399 g/mol. The molecule has 2 aromatic carbocycles. The van der Waals surface area contributed by atoms with Crippen LogP contribution in [0.4, 0.5) is 11.4 Å². The minimum atomic E-state index is -1.05. The van der Waals surface area contributed by atoms with Crippen molar-refractivity contribution in [3.8, 4) is 0 Å². The zero-order valence-electron chi connectivity index (χ0n) is 16.1. The Kier molecular flexibility index (Phi) is 6.59. The van der Waals surface area contributed by atoms with Gasteiger partial charge in [-0.15, -0.1) is 0 Å². The molecule has 1 amide bonds. The van der Waals surface area contributed by atoms with Gasteiger partial charge in [-0.25, -0.2) is 4.79 Å². The number of para-hydroxylation sites is 1. The number of anilines is 2. The molecule has 0 aromatic heterocycles. The highest BCUT2D eigenvalue weighted by Crippen LogP contribution is 2.37. The van der Waals surface area contributed by atoms with E-state index in [-0.39, 0.29) is 11.5 Å². The van der Waals surface area contributed by atoms with Crippen molar-refractivity contribution in [2.75, 3.05) is 43.4 Å². The second-order valence-electron chi connectivity index (χ2n) is 6.77. The molecule has 1 heterocycles. The first-order valence-corrected chi connectivity index (χ1v) is 10.2. The maximum Gasteiger partial charge on any atom is 0.337 e. The molecule has 3 rings (SSSR count). The quantitative estimate of drug-likeness (QED) is 0.773. The molecule has 0 radical (unpaired) electrons. The molecule has 1 aliphatic rings. The van der Waals surface area contributed by atoms with E-state index < -0.39 is 5.97 Å². The van der Waals surface area contributed by atoms with Gasteiger partial charge in [0.15, 0.2) is 0 Å². The molecule has 2 aromatic rings. The number of hydrogen-bond donors (Lipinski definition) is 2. The van der Waals surface area contributed by atoms with Crippen molar-refractivity contribution in [2.24, 2.45) is 0 Å². The summed E-state index contributed by atoms with van der Waals surface area (Å²) in [4.78, 5) is 29.9. The molecule has 0 unspecified atom stereocenters. The first-order chi connectivity index (χ1) is 13.5. The smallest absolute Gasteiger partial charge is 0.337 e. The number of carbonyl (C=O) groups excluding carboxylic acids is 1. The molecule has 7 heteroatoms. The van der Waals surface area contributed by atoms with Gasteiger partial charge in [0.25, 0.3) is 0 Å². The molecule has 1 saturated heterocycles. The Balaban J connectivity index is 1.85. The molecule has 0 spiro atoms. The van der Waals surface area contributed by atoms with E-state index in [1.807, 2.05) is 18.2 Å². The molecule has 0 saturated carbocycles. The molecule has 28 heavy (non-hydrogen) atoms. The number of nitrogens with one attached hydrogen (secondary N) is 1. The lowest BCUT2D eigenvalue weighted by Crippen LogP contribution is -2.44. The van der Waals surface area contributed by atoms with E-state index in [4.69, 9.17) is 0 Å². The van der Waals surface area contributed by atoms with Crippen LogP contribution >= 0.6 is 11.8 Å². The van der Waals surface area contributed by atoms with Crippen LogP contribution in [0.25, 0.3) is 0 Å². The normalized spacial score (nSPS) is 14.7. The number of rotatable bonds is 6. The molecule has 0 aliphatic carbocycles. The van der Waals surface area contributed by atoms with E-state index >= 15 is 0 Å². The van der Waals surface area contributed by atoms with Crippen LogP contribution in [0.1, 0.15) is 23.7 Å². The van der Waals surface area contributed by atoms with Crippen LogP contribution in [0.2, 0.25) is 0 Å². The number of piperazine rings is 1. The third-order valence-electron chi connectivity index (χ3n) is 4.75. The second kappa shape index (κ2) is 9.12. The fourth-order valence-electron chi connectivity index (χ4n) is 3.09. The van der Waals surface area contributed by atoms with Crippen LogP contribution in [0, 0.1) is 0 Å². The maximum absolute atomic E-state index is 11.7. The van der Waals surface area contributed by atoms with E-state index in [0.717, 1.165) is 36.0 Å². The highest BCUT2D eigenvalue weighted by molar-refractivity contribution is 7.99. The fraction of sp³-hybridized carbons (Fsp3) is 0.333. The van der Waals surface area contributed by atoms with Crippen molar-refractivity contribution in [3.05, 3.63) is 48.0 Å². The first-order valence-electron chi connectivity index (χ1n) is 9.35. The van der Waals surface area contributed by atoms with Crippen LogP contribution in [-0.2, 0) is 4.79 Å². The van der Waals surface area contributed by atoms with Gasteiger partial charge in [0.05, 0.1) is 16.9 Å². The summed E-state index contributed by atoms with van der Waals surface area (Å²) in [6.07, 6.45) is 0.300. The molecule has 1 fully saturated rings. The third-order valence-corrected chi connectivity index (χ3v) is 5.81. The summed E-state index contributed by atoms with van der Waals surface area (Å²) in [5.74, 6) is -1.26. The molecular weight excluding hydrogens is 374 g/mol. The number of carboxylic acid groups (broad SMARTS) is 1. The van der Waals surface area contributed by atoms with E-state index in [1.54, 1.807) is 30.8 Å². The molecule has 2 N–H and O–H groups in total. The SMILES string of the molecule is CCC(=O)Nc1ccc(Sc2ccccc2N2CCN(C)CC2)cc1C(=O)O. The number of hydrogen-bond acceptors (Lipinski definition) is 5. The van der Waals surface area contributed by atoms with Crippen LogP contribution in [0.3, 0.4) is 0 Å². The summed E-state index contributed by atoms with van der Waals surface area (Å²) >= 11 is 1.54. The van der Waals surface area contributed by atoms with Gasteiger partial charge < -0.3 is 20.2 Å². The number of carbonyl (C=O) groups is 2. The van der Waals surface area contributed by atoms with Crippen LogP contribution in [0.15, 0.2) is 52.3 Å². The van der Waals surface area contributed by atoms with Gasteiger partial charge in [0, 0.05) is 42.4 Å². The van der Waals surface area contributed by atoms with Crippen molar-refractivity contribution < 1.29 is 14.7 Å². The first kappa shape index (κ1) is 20.2. The van der Waals surface area contributed by atoms with Crippen molar-refractivity contribution >= 4 is 35.0 Å². The van der Waals surface area contributed by atoms with E-state index in [1.165, 1.54) is 5.69 Å². The predicted octanol–water partition coefficient (Wildman–Crippen LogP) is 3.64. The molecule has 0 atom stereocenters. The van der Waals surface area contributed by atoms with Gasteiger partial charge in [-0.2, -0.15) is 0 Å². The molecular formula is C21H25N3O3S. The fourth-order valence-corrected chi connectivity index (χ4v) is 4.11. The number of aromatic carboxylic acids is 1. The maximum atomic E-state index is 11.7. The number of benzene rings is 2. The number of amides is 1. The summed E-state index contributed by atoms with van der Waals surface area (Å²) < 4.78 is 0. The largest absolute Gasteiger partial charge is 0.478 e. The predicted molar refractivity (Wildman–Crippen MR) is 113 cm³/mol. The Bertz CT molecular complexity index is 864. The zero-order valence-corrected chi connectivity index (χ0v) is 17.0. The van der Waals surface area contributed by atoms with Crippen molar-refractivity contribution in [2.45, 2.75) is 23.1 Å². The molecule has 1 aliphatic heterocycles. The Morgan fingerprint density at radius 1 is 1.11 bits per heavy atom. The van der Waals surface area contributed by atoms with E-state index in [2.05, 4.69) is 34.3 Å². The van der Waals surface area contributed by atoms with Crippen LogP contribution in [-0.4, -0.2) is 55.1 Å². The Morgan fingerprint density at radius 3 is 2.50 bits per heavy atom. The topological polar surface area (TPSA) is 72.9 Å². The number of nitrogens with zero attached hydrogens (tertiary/aromatic N) is 2. The van der Waals surface area contributed by atoms with E-state index in [9.17, 15) is 14.7 Å². The Labute approximate surface area is 169 Å². The molecule has 0 bridgehead atoms. The number of carboxylic acids is 1. The molecule has 6 nitrogen and oxygen atoms in total. The summed E-state index contributed by atoms with van der Waals surface area (Å²) in [6.45, 7) is 5.71. The third kappa shape index (κ3) is 4.85. The summed E-state index contributed by atoms with van der Waals surface area (Å²) in [6, 6.07) is 13.3. The molecule has 148 valence electrons. The van der Waals surface area contributed by atoms with Crippen LogP contribution < -0.4 is 10.2 Å². The minimum absolute atomic E-state index is 0.101. The van der Waals surface area contributed by atoms with Gasteiger partial charge in [0.2, 0.25) is 5.91 Å². The highest BCUT2D eigenvalue weighted by Gasteiger charge is 2.18. The highest BCUT2D eigenvalue weighted by atomic mass is 32.2. The van der Waals surface area contributed by atoms with Gasteiger partial charge in [-0.1, -0.05) is 30.8 Å². The standard InChI is InChI=1S/C21H25N3O3S/c1-3-20(25)22-17-9-8-15(14-16(17)21(26)27)28-19-7-5-4-6-18(19)24-12-10-23(2)11-13-24/h4-9,14H,3,10-13H2,1-2H3,(H,22,25)(H,26,27). The van der Waals surface area contributed by atoms with Crippen molar-refractivity contribution in [1.82, 2.24) is 4.90 Å². The van der Waals surface area contributed by atoms with Crippen molar-refractivity contribution in [1.29, 1.82) is 0 Å². The van der Waals surface area contributed by atoms with Crippen molar-refractivity contribution in [3.63, 3.8) is 0 Å². The lowest BCUT2D eigenvalue weighted by molar-refractivity contribution is -0.115. The minimum Gasteiger partial charge on any atom is -0.478 e.